The number of rotatable bonds is 6. The summed E-state index contributed by atoms with van der Waals surface area (Å²) in [6.07, 6.45) is 2.91. The van der Waals surface area contributed by atoms with E-state index >= 15 is 0 Å². The van der Waals surface area contributed by atoms with Gasteiger partial charge in [0.25, 0.3) is 0 Å². The average Bonchev–Trinajstić information content (AvgIpc) is 2.11. The minimum absolute atomic E-state index is 0.199. The molecule has 17 heavy (non-hydrogen) atoms. The highest BCUT2D eigenvalue weighted by Crippen LogP contribution is 2.31. The fraction of sp³-hybridized carbons (Fsp3) is 0.727. The van der Waals surface area contributed by atoms with Crippen molar-refractivity contribution < 1.29 is 8.42 Å². The lowest BCUT2D eigenvalue weighted by Gasteiger charge is -2.24. The Balaban J connectivity index is 4.97. The zero-order valence-corrected chi connectivity index (χ0v) is 11.7. The lowest BCUT2D eigenvalue weighted by Crippen LogP contribution is -2.23. The molecule has 0 spiro atoms. The van der Waals surface area contributed by atoms with Crippen LogP contribution < -0.4 is 5.14 Å². The number of sulfonamides is 1. The highest BCUT2D eigenvalue weighted by Gasteiger charge is 2.24. The standard InChI is InChI=1S/C11H21N3O2S/c1-11(2,6-5-7-12)8-10(9-14(3)4)17(13,15)16/h9H,5-6,8H2,1-4H3,(H2,13,15,16). The SMILES string of the molecule is CN(C)C=C(CC(C)(C)CCC#N)S(N)(=O)=O. The van der Waals surface area contributed by atoms with E-state index < -0.39 is 10.0 Å². The maximum Gasteiger partial charge on any atom is 0.235 e. The summed E-state index contributed by atoms with van der Waals surface area (Å²) in [6.45, 7) is 3.86. The second-order valence-corrected chi connectivity index (χ2v) is 6.72. The Morgan fingerprint density at radius 2 is 2.00 bits per heavy atom. The summed E-state index contributed by atoms with van der Waals surface area (Å²) >= 11 is 0. The third-order valence-corrected chi connectivity index (χ3v) is 3.31. The van der Waals surface area contributed by atoms with Gasteiger partial charge in [-0.05, 0) is 18.3 Å². The molecule has 0 saturated carbocycles. The van der Waals surface area contributed by atoms with E-state index in [1.807, 2.05) is 13.8 Å². The molecule has 0 aliphatic carbocycles. The van der Waals surface area contributed by atoms with E-state index in [0.717, 1.165) is 0 Å². The topological polar surface area (TPSA) is 87.2 Å². The summed E-state index contributed by atoms with van der Waals surface area (Å²) < 4.78 is 22.9. The molecule has 98 valence electrons. The first-order chi connectivity index (χ1) is 7.58. The van der Waals surface area contributed by atoms with E-state index in [0.29, 0.717) is 19.3 Å². The first-order valence-corrected chi connectivity index (χ1v) is 6.90. The number of nitrogens with zero attached hydrogens (tertiary/aromatic N) is 2. The molecule has 0 fully saturated rings. The van der Waals surface area contributed by atoms with Crippen LogP contribution in [0.5, 0.6) is 0 Å². The minimum atomic E-state index is -3.68. The monoisotopic (exact) mass is 259 g/mol. The van der Waals surface area contributed by atoms with Crippen LogP contribution in [-0.4, -0.2) is 27.4 Å². The Labute approximate surface area is 104 Å². The summed E-state index contributed by atoms with van der Waals surface area (Å²) in [5, 5.41) is 13.7. The molecule has 0 rings (SSSR count). The van der Waals surface area contributed by atoms with Gasteiger partial charge in [0, 0.05) is 26.7 Å². The van der Waals surface area contributed by atoms with Gasteiger partial charge in [0.2, 0.25) is 10.0 Å². The van der Waals surface area contributed by atoms with Gasteiger partial charge >= 0.3 is 0 Å². The van der Waals surface area contributed by atoms with Crippen molar-refractivity contribution in [2.45, 2.75) is 33.1 Å². The van der Waals surface area contributed by atoms with Gasteiger partial charge in [-0.1, -0.05) is 13.8 Å². The predicted octanol–water partition coefficient (Wildman–Crippen LogP) is 1.40. The smallest absolute Gasteiger partial charge is 0.235 e. The lowest BCUT2D eigenvalue weighted by molar-refractivity contribution is 0.338. The molecule has 0 radical (unpaired) electrons. The second-order valence-electron chi connectivity index (χ2n) is 5.10. The molecule has 0 amide bonds. The zero-order valence-electron chi connectivity index (χ0n) is 10.9. The molecular weight excluding hydrogens is 238 g/mol. The largest absolute Gasteiger partial charge is 0.383 e. The van der Waals surface area contributed by atoms with E-state index in [1.54, 1.807) is 19.0 Å². The Hall–Kier alpha value is -1.06. The van der Waals surface area contributed by atoms with Crippen LogP contribution in [0.25, 0.3) is 0 Å². The summed E-state index contributed by atoms with van der Waals surface area (Å²) in [5.74, 6) is 0. The Bertz CT molecular complexity index is 416. The number of allylic oxidation sites excluding steroid dienone is 1. The number of primary sulfonamides is 1. The quantitative estimate of drug-likeness (QED) is 0.781. The molecule has 0 aliphatic rings. The van der Waals surface area contributed by atoms with Gasteiger partial charge < -0.3 is 4.90 Å². The molecule has 0 unspecified atom stereocenters. The van der Waals surface area contributed by atoms with Crippen molar-refractivity contribution in [3.8, 4) is 6.07 Å². The molecular formula is C11H21N3O2S. The van der Waals surface area contributed by atoms with Crippen LogP contribution in [0, 0.1) is 16.7 Å². The van der Waals surface area contributed by atoms with E-state index in [4.69, 9.17) is 10.4 Å². The summed E-state index contributed by atoms with van der Waals surface area (Å²) in [7, 11) is -0.195. The van der Waals surface area contributed by atoms with Crippen LogP contribution >= 0.6 is 0 Å². The van der Waals surface area contributed by atoms with Crippen LogP contribution in [0.3, 0.4) is 0 Å². The van der Waals surface area contributed by atoms with Crippen LogP contribution in [-0.2, 0) is 10.0 Å². The normalized spacial score (nSPS) is 13.3. The zero-order chi connectivity index (χ0) is 13.7. The van der Waals surface area contributed by atoms with Crippen LogP contribution in [0.2, 0.25) is 0 Å². The highest BCUT2D eigenvalue weighted by molar-refractivity contribution is 7.93. The van der Waals surface area contributed by atoms with Crippen molar-refractivity contribution >= 4 is 10.0 Å². The molecule has 0 aliphatic heterocycles. The minimum Gasteiger partial charge on any atom is -0.383 e. The molecule has 0 bridgehead atoms. The van der Waals surface area contributed by atoms with Crippen molar-refractivity contribution in [2.75, 3.05) is 14.1 Å². The summed E-state index contributed by atoms with van der Waals surface area (Å²) in [5.41, 5.74) is -0.260. The van der Waals surface area contributed by atoms with Crippen LogP contribution in [0.1, 0.15) is 33.1 Å². The van der Waals surface area contributed by atoms with Gasteiger partial charge in [0.05, 0.1) is 11.0 Å². The van der Waals surface area contributed by atoms with Crippen molar-refractivity contribution in [3.05, 3.63) is 11.1 Å². The van der Waals surface area contributed by atoms with Gasteiger partial charge in [-0.3, -0.25) is 0 Å². The maximum atomic E-state index is 11.4. The number of nitrogens with two attached hydrogens (primary N) is 1. The average molecular weight is 259 g/mol. The van der Waals surface area contributed by atoms with Crippen molar-refractivity contribution in [3.63, 3.8) is 0 Å². The lowest BCUT2D eigenvalue weighted by atomic mass is 9.84. The predicted molar refractivity (Wildman–Crippen MR) is 68.1 cm³/mol. The molecule has 0 heterocycles. The first-order valence-electron chi connectivity index (χ1n) is 5.35. The van der Waals surface area contributed by atoms with Gasteiger partial charge in [-0.2, -0.15) is 5.26 Å². The number of hydrogen-bond acceptors (Lipinski definition) is 4. The van der Waals surface area contributed by atoms with E-state index in [2.05, 4.69) is 6.07 Å². The summed E-state index contributed by atoms with van der Waals surface area (Å²) in [4.78, 5) is 1.85. The van der Waals surface area contributed by atoms with E-state index in [9.17, 15) is 8.42 Å². The van der Waals surface area contributed by atoms with Gasteiger partial charge in [0.15, 0.2) is 0 Å². The third kappa shape index (κ3) is 6.97. The Morgan fingerprint density at radius 3 is 2.35 bits per heavy atom. The molecule has 0 aromatic heterocycles. The molecule has 0 aromatic rings. The van der Waals surface area contributed by atoms with Crippen molar-refractivity contribution in [1.82, 2.24) is 4.90 Å². The van der Waals surface area contributed by atoms with Crippen molar-refractivity contribution in [1.29, 1.82) is 5.26 Å². The molecule has 0 aromatic carbocycles. The fourth-order valence-electron chi connectivity index (χ4n) is 1.46. The van der Waals surface area contributed by atoms with Gasteiger partial charge in [-0.15, -0.1) is 0 Å². The van der Waals surface area contributed by atoms with Crippen molar-refractivity contribution in [2.24, 2.45) is 10.6 Å². The van der Waals surface area contributed by atoms with Crippen LogP contribution in [0.15, 0.2) is 11.1 Å². The van der Waals surface area contributed by atoms with Gasteiger partial charge in [0.1, 0.15) is 0 Å². The first kappa shape index (κ1) is 15.9. The number of nitriles is 1. The number of hydrogen-bond donors (Lipinski definition) is 1. The third-order valence-electron chi connectivity index (χ3n) is 2.33. The highest BCUT2D eigenvalue weighted by atomic mass is 32.2. The molecule has 0 atom stereocenters. The van der Waals surface area contributed by atoms with E-state index in [-0.39, 0.29) is 10.3 Å². The molecule has 5 nitrogen and oxygen atoms in total. The van der Waals surface area contributed by atoms with Crippen LogP contribution in [0.4, 0.5) is 0 Å². The molecule has 0 saturated heterocycles. The van der Waals surface area contributed by atoms with Gasteiger partial charge in [-0.25, -0.2) is 13.6 Å². The van der Waals surface area contributed by atoms with E-state index in [1.165, 1.54) is 6.20 Å². The fourth-order valence-corrected chi connectivity index (χ4v) is 2.41. The maximum absolute atomic E-state index is 11.4. The molecule has 2 N–H and O–H groups in total. The Kier molecular flexibility index (Phi) is 5.66. The molecule has 6 heteroatoms. The Morgan fingerprint density at radius 1 is 1.47 bits per heavy atom. The second kappa shape index (κ2) is 6.03. The summed E-state index contributed by atoms with van der Waals surface area (Å²) in [6, 6.07) is 2.07.